The van der Waals surface area contributed by atoms with Gasteiger partial charge in [0.1, 0.15) is 5.82 Å². The van der Waals surface area contributed by atoms with E-state index in [1.807, 2.05) is 32.0 Å². The number of hydrogen-bond acceptors (Lipinski definition) is 2. The molecule has 0 saturated carbocycles. The van der Waals surface area contributed by atoms with Crippen molar-refractivity contribution < 1.29 is 14.0 Å². The van der Waals surface area contributed by atoms with Crippen LogP contribution in [0.1, 0.15) is 29.8 Å². The fourth-order valence-electron chi connectivity index (χ4n) is 1.93. The normalized spacial score (nSPS) is 10.4. The zero-order valence-electron chi connectivity index (χ0n) is 13.1. The van der Waals surface area contributed by atoms with Crippen LogP contribution in [0, 0.1) is 11.7 Å². The minimum absolute atomic E-state index is 0.0579. The number of rotatable bonds is 5. The Hall–Kier alpha value is -2.69. The van der Waals surface area contributed by atoms with Gasteiger partial charge < -0.3 is 10.6 Å². The lowest BCUT2D eigenvalue weighted by atomic mass is 10.1. The smallest absolute Gasteiger partial charge is 0.251 e. The van der Waals surface area contributed by atoms with Crippen LogP contribution in [0.25, 0.3) is 0 Å². The summed E-state index contributed by atoms with van der Waals surface area (Å²) in [6.07, 6.45) is 0. The number of carbonyl (C=O) groups is 2. The van der Waals surface area contributed by atoms with Crippen LogP contribution >= 0.6 is 0 Å². The van der Waals surface area contributed by atoms with Crippen molar-refractivity contribution >= 4 is 17.5 Å². The Morgan fingerprint density at radius 3 is 2.43 bits per heavy atom. The molecular formula is C18H19FN2O2. The van der Waals surface area contributed by atoms with E-state index in [2.05, 4.69) is 10.6 Å². The van der Waals surface area contributed by atoms with Crippen LogP contribution in [-0.2, 0) is 11.3 Å². The van der Waals surface area contributed by atoms with E-state index >= 15 is 0 Å². The third kappa shape index (κ3) is 4.92. The van der Waals surface area contributed by atoms with Crippen LogP contribution < -0.4 is 10.6 Å². The average molecular weight is 314 g/mol. The molecule has 0 heterocycles. The van der Waals surface area contributed by atoms with Gasteiger partial charge in [-0.1, -0.05) is 26.0 Å². The maximum atomic E-state index is 12.8. The standard InChI is InChI=1S/C18H19FN2O2/c1-12(2)17(22)21-16-5-3-4-13(10-16)11-20-18(23)14-6-8-15(19)9-7-14/h3-10,12H,11H2,1-2H3,(H,20,23)(H,21,22). The van der Waals surface area contributed by atoms with Gasteiger partial charge in [-0.25, -0.2) is 4.39 Å². The first kappa shape index (κ1) is 16.7. The first-order chi connectivity index (χ1) is 11.0. The number of halogens is 1. The third-order valence-corrected chi connectivity index (χ3v) is 3.28. The molecule has 0 saturated heterocycles. The van der Waals surface area contributed by atoms with E-state index in [9.17, 15) is 14.0 Å². The highest BCUT2D eigenvalue weighted by molar-refractivity contribution is 5.94. The molecule has 23 heavy (non-hydrogen) atoms. The third-order valence-electron chi connectivity index (χ3n) is 3.28. The molecule has 2 aromatic carbocycles. The molecule has 4 nitrogen and oxygen atoms in total. The van der Waals surface area contributed by atoms with Gasteiger partial charge in [-0.3, -0.25) is 9.59 Å². The summed E-state index contributed by atoms with van der Waals surface area (Å²) in [5, 5.41) is 5.58. The number of anilines is 1. The zero-order valence-corrected chi connectivity index (χ0v) is 13.1. The number of nitrogens with one attached hydrogen (secondary N) is 2. The molecule has 120 valence electrons. The van der Waals surface area contributed by atoms with Crippen molar-refractivity contribution in [1.29, 1.82) is 0 Å². The topological polar surface area (TPSA) is 58.2 Å². The van der Waals surface area contributed by atoms with Gasteiger partial charge in [-0.05, 0) is 42.0 Å². The van der Waals surface area contributed by atoms with E-state index < -0.39 is 0 Å². The second-order valence-corrected chi connectivity index (χ2v) is 5.53. The number of hydrogen-bond donors (Lipinski definition) is 2. The molecule has 0 unspecified atom stereocenters. The Balaban J connectivity index is 1.96. The molecule has 0 spiro atoms. The fraction of sp³-hybridized carbons (Fsp3) is 0.222. The van der Waals surface area contributed by atoms with Crippen molar-refractivity contribution in [1.82, 2.24) is 5.32 Å². The van der Waals surface area contributed by atoms with Crippen LogP contribution in [0.3, 0.4) is 0 Å². The highest BCUT2D eigenvalue weighted by atomic mass is 19.1. The highest BCUT2D eigenvalue weighted by Crippen LogP contribution is 2.12. The molecule has 0 fully saturated rings. The number of carbonyl (C=O) groups excluding carboxylic acids is 2. The quantitative estimate of drug-likeness (QED) is 0.889. The first-order valence-electron chi connectivity index (χ1n) is 7.39. The van der Waals surface area contributed by atoms with Gasteiger partial charge in [0, 0.05) is 23.7 Å². The monoisotopic (exact) mass is 314 g/mol. The maximum absolute atomic E-state index is 12.8. The van der Waals surface area contributed by atoms with E-state index in [4.69, 9.17) is 0 Å². The van der Waals surface area contributed by atoms with Gasteiger partial charge >= 0.3 is 0 Å². The Labute approximate surface area is 134 Å². The lowest BCUT2D eigenvalue weighted by molar-refractivity contribution is -0.118. The van der Waals surface area contributed by atoms with Crippen molar-refractivity contribution in [3.8, 4) is 0 Å². The highest BCUT2D eigenvalue weighted by Gasteiger charge is 2.08. The molecule has 0 aliphatic rings. The van der Waals surface area contributed by atoms with Crippen LogP contribution in [0.4, 0.5) is 10.1 Å². The van der Waals surface area contributed by atoms with Gasteiger partial charge in [0.05, 0.1) is 0 Å². The van der Waals surface area contributed by atoms with Crippen LogP contribution in [0.15, 0.2) is 48.5 Å². The minimum atomic E-state index is -0.379. The SMILES string of the molecule is CC(C)C(=O)Nc1cccc(CNC(=O)c2ccc(F)cc2)c1. The molecule has 0 aliphatic heterocycles. The number of amides is 2. The van der Waals surface area contributed by atoms with Gasteiger partial charge in [-0.15, -0.1) is 0 Å². The Kier molecular flexibility index (Phi) is 5.46. The van der Waals surface area contributed by atoms with Crippen molar-refractivity contribution in [3.63, 3.8) is 0 Å². The summed E-state index contributed by atoms with van der Waals surface area (Å²) in [7, 11) is 0. The summed E-state index contributed by atoms with van der Waals surface area (Å²) in [6, 6.07) is 12.6. The molecule has 0 radical (unpaired) electrons. The van der Waals surface area contributed by atoms with E-state index in [1.165, 1.54) is 24.3 Å². The minimum Gasteiger partial charge on any atom is -0.348 e. The Morgan fingerprint density at radius 1 is 1.09 bits per heavy atom. The summed E-state index contributed by atoms with van der Waals surface area (Å²) in [6.45, 7) is 3.96. The Morgan fingerprint density at radius 2 is 1.78 bits per heavy atom. The summed E-state index contributed by atoms with van der Waals surface area (Å²) >= 11 is 0. The lowest BCUT2D eigenvalue weighted by Crippen LogP contribution is -2.23. The van der Waals surface area contributed by atoms with Crippen molar-refractivity contribution in [2.45, 2.75) is 20.4 Å². The summed E-state index contributed by atoms with van der Waals surface area (Å²) in [5.74, 6) is -0.814. The molecule has 2 amide bonds. The second kappa shape index (κ2) is 7.54. The molecule has 0 aromatic heterocycles. The van der Waals surface area contributed by atoms with Gasteiger partial charge in [0.15, 0.2) is 0 Å². The van der Waals surface area contributed by atoms with Crippen molar-refractivity contribution in [2.75, 3.05) is 5.32 Å². The van der Waals surface area contributed by atoms with Gasteiger partial charge in [-0.2, -0.15) is 0 Å². The van der Waals surface area contributed by atoms with Crippen LogP contribution in [0.5, 0.6) is 0 Å². The first-order valence-corrected chi connectivity index (χ1v) is 7.39. The van der Waals surface area contributed by atoms with Gasteiger partial charge in [0.25, 0.3) is 5.91 Å². The lowest BCUT2D eigenvalue weighted by Gasteiger charge is -2.10. The van der Waals surface area contributed by atoms with E-state index in [0.29, 0.717) is 17.8 Å². The molecule has 2 rings (SSSR count). The summed E-state index contributed by atoms with van der Waals surface area (Å²) in [4.78, 5) is 23.7. The predicted molar refractivity (Wildman–Crippen MR) is 87.5 cm³/mol. The second-order valence-electron chi connectivity index (χ2n) is 5.53. The molecule has 2 N–H and O–H groups in total. The van der Waals surface area contributed by atoms with Crippen LogP contribution in [-0.4, -0.2) is 11.8 Å². The average Bonchev–Trinajstić information content (AvgIpc) is 2.53. The summed E-state index contributed by atoms with van der Waals surface area (Å²) in [5.41, 5.74) is 1.95. The van der Waals surface area contributed by atoms with E-state index in [-0.39, 0.29) is 23.5 Å². The summed E-state index contributed by atoms with van der Waals surface area (Å²) < 4.78 is 12.8. The number of benzene rings is 2. The molecule has 2 aromatic rings. The maximum Gasteiger partial charge on any atom is 0.251 e. The van der Waals surface area contributed by atoms with Crippen molar-refractivity contribution in [2.24, 2.45) is 5.92 Å². The van der Waals surface area contributed by atoms with Crippen molar-refractivity contribution in [3.05, 3.63) is 65.5 Å². The molecule has 0 aliphatic carbocycles. The largest absolute Gasteiger partial charge is 0.348 e. The van der Waals surface area contributed by atoms with Gasteiger partial charge in [0.2, 0.25) is 5.91 Å². The molecule has 0 bridgehead atoms. The molecule has 5 heteroatoms. The van der Waals surface area contributed by atoms with E-state index in [1.54, 1.807) is 6.07 Å². The molecule has 0 atom stereocenters. The van der Waals surface area contributed by atoms with E-state index in [0.717, 1.165) is 5.56 Å². The zero-order chi connectivity index (χ0) is 16.8. The predicted octanol–water partition coefficient (Wildman–Crippen LogP) is 3.35. The molecular weight excluding hydrogens is 295 g/mol. The Bertz CT molecular complexity index is 696. The van der Waals surface area contributed by atoms with Crippen LogP contribution in [0.2, 0.25) is 0 Å². The fourth-order valence-corrected chi connectivity index (χ4v) is 1.93.